The summed E-state index contributed by atoms with van der Waals surface area (Å²) in [7, 11) is 0. The molecule has 0 bridgehead atoms. The van der Waals surface area contributed by atoms with Crippen LogP contribution >= 0.6 is 27.5 Å². The van der Waals surface area contributed by atoms with E-state index in [1.165, 1.54) is 4.90 Å². The van der Waals surface area contributed by atoms with E-state index in [0.717, 1.165) is 4.47 Å². The van der Waals surface area contributed by atoms with Crippen LogP contribution in [0.1, 0.15) is 12.8 Å². The molecular formula is C13H14BrClN2O3. The van der Waals surface area contributed by atoms with Gasteiger partial charge in [0.2, 0.25) is 0 Å². The predicted molar refractivity (Wildman–Crippen MR) is 80.1 cm³/mol. The summed E-state index contributed by atoms with van der Waals surface area (Å²) < 4.78 is 0.724. The van der Waals surface area contributed by atoms with Crippen LogP contribution in [0.2, 0.25) is 5.02 Å². The lowest BCUT2D eigenvalue weighted by atomic mass is 9.99. The highest BCUT2D eigenvalue weighted by Gasteiger charge is 2.28. The van der Waals surface area contributed by atoms with Gasteiger partial charge in [-0.15, -0.1) is 0 Å². The van der Waals surface area contributed by atoms with Crippen molar-refractivity contribution >= 4 is 45.2 Å². The zero-order valence-corrected chi connectivity index (χ0v) is 12.9. The molecule has 1 aliphatic heterocycles. The number of carboxylic acids is 1. The fourth-order valence-electron chi connectivity index (χ4n) is 2.15. The molecule has 1 saturated heterocycles. The summed E-state index contributed by atoms with van der Waals surface area (Å²) in [6.45, 7) is 0.799. The van der Waals surface area contributed by atoms with Crippen LogP contribution in [0.3, 0.4) is 0 Å². The number of amides is 2. The van der Waals surface area contributed by atoms with Gasteiger partial charge in [-0.05, 0) is 47.0 Å². The quantitative estimate of drug-likeness (QED) is 0.848. The average Bonchev–Trinajstić information content (AvgIpc) is 2.43. The van der Waals surface area contributed by atoms with Crippen LogP contribution in [0.15, 0.2) is 22.7 Å². The predicted octanol–water partition coefficient (Wildman–Crippen LogP) is 3.43. The molecule has 1 atom stereocenters. The zero-order chi connectivity index (χ0) is 14.7. The van der Waals surface area contributed by atoms with Crippen molar-refractivity contribution in [2.24, 2.45) is 5.92 Å². The van der Waals surface area contributed by atoms with Crippen molar-refractivity contribution in [2.75, 3.05) is 18.4 Å². The van der Waals surface area contributed by atoms with Crippen molar-refractivity contribution in [1.82, 2.24) is 4.90 Å². The van der Waals surface area contributed by atoms with Gasteiger partial charge in [-0.2, -0.15) is 0 Å². The molecule has 2 N–H and O–H groups in total. The summed E-state index contributed by atoms with van der Waals surface area (Å²) in [5, 5.41) is 12.3. The van der Waals surface area contributed by atoms with Gasteiger partial charge in [0.1, 0.15) is 0 Å². The second-order valence-corrected chi connectivity index (χ2v) is 5.97. The molecule has 5 nitrogen and oxygen atoms in total. The van der Waals surface area contributed by atoms with E-state index in [4.69, 9.17) is 16.7 Å². The van der Waals surface area contributed by atoms with Crippen LogP contribution in [-0.4, -0.2) is 35.1 Å². The van der Waals surface area contributed by atoms with E-state index in [0.29, 0.717) is 30.1 Å². The maximum absolute atomic E-state index is 12.2. The Morgan fingerprint density at radius 2 is 2.20 bits per heavy atom. The van der Waals surface area contributed by atoms with Gasteiger partial charge < -0.3 is 15.3 Å². The number of benzene rings is 1. The Kier molecular flexibility index (Phi) is 4.88. The van der Waals surface area contributed by atoms with E-state index in [-0.39, 0.29) is 12.6 Å². The monoisotopic (exact) mass is 360 g/mol. The van der Waals surface area contributed by atoms with E-state index >= 15 is 0 Å². The van der Waals surface area contributed by atoms with Crippen molar-refractivity contribution in [1.29, 1.82) is 0 Å². The number of likely N-dealkylation sites (tertiary alicyclic amines) is 1. The molecule has 0 saturated carbocycles. The Morgan fingerprint density at radius 3 is 2.90 bits per heavy atom. The first-order valence-electron chi connectivity index (χ1n) is 6.21. The SMILES string of the molecule is O=C(O)C1CCCN(C(=O)Nc2cc(Cl)ccc2Br)C1. The molecule has 1 unspecified atom stereocenters. The Morgan fingerprint density at radius 1 is 1.45 bits per heavy atom. The molecule has 2 amide bonds. The third-order valence-corrected chi connectivity index (χ3v) is 4.15. The van der Waals surface area contributed by atoms with Gasteiger partial charge in [0.25, 0.3) is 0 Å². The van der Waals surface area contributed by atoms with Gasteiger partial charge >= 0.3 is 12.0 Å². The maximum Gasteiger partial charge on any atom is 0.321 e. The average molecular weight is 362 g/mol. The van der Waals surface area contributed by atoms with Gasteiger partial charge in [-0.1, -0.05) is 11.6 Å². The number of carboxylic acid groups (broad SMARTS) is 1. The number of piperidine rings is 1. The number of halogens is 2. The minimum atomic E-state index is -0.855. The van der Waals surface area contributed by atoms with Crippen LogP contribution in [0.25, 0.3) is 0 Å². The lowest BCUT2D eigenvalue weighted by Gasteiger charge is -2.30. The molecule has 2 rings (SSSR count). The molecule has 1 aliphatic rings. The Balaban J connectivity index is 2.04. The number of carbonyl (C=O) groups excluding carboxylic acids is 1. The highest BCUT2D eigenvalue weighted by molar-refractivity contribution is 9.10. The summed E-state index contributed by atoms with van der Waals surface area (Å²) in [4.78, 5) is 24.7. The smallest absolute Gasteiger partial charge is 0.321 e. The fourth-order valence-corrected chi connectivity index (χ4v) is 2.67. The van der Waals surface area contributed by atoms with Gasteiger partial charge in [0.15, 0.2) is 0 Å². The normalized spacial score (nSPS) is 18.7. The third kappa shape index (κ3) is 3.64. The van der Waals surface area contributed by atoms with Crippen LogP contribution in [0.5, 0.6) is 0 Å². The molecule has 20 heavy (non-hydrogen) atoms. The van der Waals surface area contributed by atoms with Crippen molar-refractivity contribution in [3.05, 3.63) is 27.7 Å². The zero-order valence-electron chi connectivity index (χ0n) is 10.6. The van der Waals surface area contributed by atoms with E-state index in [1.807, 2.05) is 0 Å². The highest BCUT2D eigenvalue weighted by atomic mass is 79.9. The highest BCUT2D eigenvalue weighted by Crippen LogP contribution is 2.26. The number of hydrogen-bond donors (Lipinski definition) is 2. The molecular weight excluding hydrogens is 348 g/mol. The van der Waals surface area contributed by atoms with Gasteiger partial charge in [-0.3, -0.25) is 4.79 Å². The lowest BCUT2D eigenvalue weighted by Crippen LogP contribution is -2.44. The Bertz CT molecular complexity index is 538. The van der Waals surface area contributed by atoms with Crippen LogP contribution in [-0.2, 0) is 4.79 Å². The minimum absolute atomic E-state index is 0.235. The molecule has 0 radical (unpaired) electrons. The summed E-state index contributed by atoms with van der Waals surface area (Å²) in [6, 6.07) is 4.79. The number of urea groups is 1. The van der Waals surface area contributed by atoms with Gasteiger partial charge in [-0.25, -0.2) is 4.79 Å². The number of anilines is 1. The van der Waals surface area contributed by atoms with Crippen LogP contribution in [0, 0.1) is 5.92 Å². The van der Waals surface area contributed by atoms with Crippen LogP contribution < -0.4 is 5.32 Å². The number of hydrogen-bond acceptors (Lipinski definition) is 2. The number of nitrogens with zero attached hydrogens (tertiary/aromatic N) is 1. The fraction of sp³-hybridized carbons (Fsp3) is 0.385. The summed E-state index contributed by atoms with van der Waals surface area (Å²) >= 11 is 9.22. The number of carbonyl (C=O) groups is 2. The van der Waals surface area contributed by atoms with E-state index in [9.17, 15) is 9.59 Å². The molecule has 0 aromatic heterocycles. The molecule has 0 aliphatic carbocycles. The standard InChI is InChI=1S/C13H14BrClN2O3/c14-10-4-3-9(15)6-11(10)16-13(20)17-5-1-2-8(7-17)12(18)19/h3-4,6,8H,1-2,5,7H2,(H,16,20)(H,18,19). The number of aliphatic carboxylic acids is 1. The second kappa shape index (κ2) is 6.45. The van der Waals surface area contributed by atoms with Crippen molar-refractivity contribution in [3.8, 4) is 0 Å². The van der Waals surface area contributed by atoms with Crippen LogP contribution in [0.4, 0.5) is 10.5 Å². The third-order valence-electron chi connectivity index (χ3n) is 3.23. The maximum atomic E-state index is 12.2. The molecule has 0 spiro atoms. The van der Waals surface area contributed by atoms with Gasteiger partial charge in [0, 0.05) is 22.6 Å². The second-order valence-electron chi connectivity index (χ2n) is 4.68. The van der Waals surface area contributed by atoms with E-state index < -0.39 is 11.9 Å². The molecule has 7 heteroatoms. The van der Waals surface area contributed by atoms with Crippen molar-refractivity contribution in [2.45, 2.75) is 12.8 Å². The Hall–Kier alpha value is -1.27. The molecule has 1 aromatic carbocycles. The van der Waals surface area contributed by atoms with Crippen molar-refractivity contribution < 1.29 is 14.7 Å². The summed E-state index contributed by atoms with van der Waals surface area (Å²) in [5.41, 5.74) is 0.569. The first-order chi connectivity index (χ1) is 9.47. The minimum Gasteiger partial charge on any atom is -0.481 e. The van der Waals surface area contributed by atoms with E-state index in [1.54, 1.807) is 18.2 Å². The van der Waals surface area contributed by atoms with E-state index in [2.05, 4.69) is 21.2 Å². The Labute approximate surface area is 130 Å². The summed E-state index contributed by atoms with van der Waals surface area (Å²) in [6.07, 6.45) is 1.31. The van der Waals surface area contributed by atoms with Gasteiger partial charge in [0.05, 0.1) is 11.6 Å². The number of nitrogens with one attached hydrogen (secondary N) is 1. The molecule has 1 heterocycles. The molecule has 108 valence electrons. The largest absolute Gasteiger partial charge is 0.481 e. The lowest BCUT2D eigenvalue weighted by molar-refractivity contribution is -0.143. The molecule has 1 aromatic rings. The topological polar surface area (TPSA) is 69.6 Å². The van der Waals surface area contributed by atoms with Crippen molar-refractivity contribution in [3.63, 3.8) is 0 Å². The first-order valence-corrected chi connectivity index (χ1v) is 7.38. The first kappa shape index (κ1) is 15.1. The summed E-state index contributed by atoms with van der Waals surface area (Å²) in [5.74, 6) is -1.34. The molecule has 1 fully saturated rings. The number of rotatable bonds is 2.